The summed E-state index contributed by atoms with van der Waals surface area (Å²) in [7, 11) is 1.68. The minimum absolute atomic E-state index is 0.121. The topological polar surface area (TPSA) is 29.1 Å². The lowest BCUT2D eigenvalue weighted by Crippen LogP contribution is -2.17. The van der Waals surface area contributed by atoms with Gasteiger partial charge in [0.25, 0.3) is 0 Å². The van der Waals surface area contributed by atoms with Gasteiger partial charge < -0.3 is 5.32 Å². The van der Waals surface area contributed by atoms with E-state index in [0.717, 1.165) is 24.6 Å². The van der Waals surface area contributed by atoms with E-state index in [0.29, 0.717) is 6.42 Å². The Morgan fingerprint density at radius 2 is 1.75 bits per heavy atom. The van der Waals surface area contributed by atoms with Gasteiger partial charge in [0.2, 0.25) is 5.91 Å². The van der Waals surface area contributed by atoms with Crippen molar-refractivity contribution in [3.63, 3.8) is 0 Å². The number of carbonyl (C=O) groups excluding carboxylic acids is 1. The Hall–Kier alpha value is -0.830. The predicted octanol–water partition coefficient (Wildman–Crippen LogP) is 2.69. The van der Waals surface area contributed by atoms with E-state index < -0.39 is 0 Å². The van der Waals surface area contributed by atoms with Gasteiger partial charge in [0.15, 0.2) is 0 Å². The predicted molar refractivity (Wildman–Crippen MR) is 70.9 cm³/mol. The molecule has 0 unspecified atom stereocenters. The van der Waals surface area contributed by atoms with Gasteiger partial charge in [-0.3, -0.25) is 4.79 Å². The van der Waals surface area contributed by atoms with E-state index in [9.17, 15) is 4.79 Å². The van der Waals surface area contributed by atoms with Gasteiger partial charge in [-0.15, -0.1) is 0 Å². The number of hydrogen-bond donors (Lipinski definition) is 1. The maximum absolute atomic E-state index is 11.0. The van der Waals surface area contributed by atoms with Gasteiger partial charge in [-0.2, -0.15) is 0 Å². The molecule has 0 atom stereocenters. The first-order chi connectivity index (χ1) is 7.76. The number of aryl methyl sites for hydroxylation is 2. The molecule has 0 bridgehead atoms. The van der Waals surface area contributed by atoms with E-state index in [1.165, 1.54) is 11.1 Å². The van der Waals surface area contributed by atoms with Crippen molar-refractivity contribution in [2.75, 3.05) is 12.4 Å². The zero-order valence-electron chi connectivity index (χ0n) is 9.63. The number of alkyl halides is 1. The molecule has 0 fully saturated rings. The van der Waals surface area contributed by atoms with Gasteiger partial charge in [-0.25, -0.2) is 0 Å². The van der Waals surface area contributed by atoms with Crippen LogP contribution in [0.3, 0.4) is 0 Å². The molecule has 2 nitrogen and oxygen atoms in total. The molecule has 0 aliphatic rings. The second kappa shape index (κ2) is 7.44. The van der Waals surface area contributed by atoms with Gasteiger partial charge in [0.1, 0.15) is 0 Å². The first kappa shape index (κ1) is 13.2. The lowest BCUT2D eigenvalue weighted by molar-refractivity contribution is -0.120. The van der Waals surface area contributed by atoms with Crippen LogP contribution in [0.5, 0.6) is 0 Å². The van der Waals surface area contributed by atoms with Gasteiger partial charge in [-0.05, 0) is 30.4 Å². The number of nitrogens with one attached hydrogen (secondary N) is 1. The summed E-state index contributed by atoms with van der Waals surface area (Å²) in [6.07, 6.45) is 3.57. The van der Waals surface area contributed by atoms with Crippen LogP contribution in [0, 0.1) is 0 Å². The molecule has 0 aliphatic heterocycles. The van der Waals surface area contributed by atoms with Crippen LogP contribution in [0.1, 0.15) is 24.0 Å². The van der Waals surface area contributed by atoms with E-state index in [4.69, 9.17) is 0 Å². The molecule has 1 amide bonds. The van der Waals surface area contributed by atoms with E-state index >= 15 is 0 Å². The fourth-order valence-electron chi connectivity index (χ4n) is 1.56. The van der Waals surface area contributed by atoms with Gasteiger partial charge in [0.05, 0.1) is 0 Å². The molecule has 88 valence electrons. The maximum Gasteiger partial charge on any atom is 0.219 e. The highest BCUT2D eigenvalue weighted by molar-refractivity contribution is 9.09. The highest BCUT2D eigenvalue weighted by Gasteiger charge is 1.99. The summed E-state index contributed by atoms with van der Waals surface area (Å²) in [5.74, 6) is 0.121. The minimum atomic E-state index is 0.121. The molecule has 0 aliphatic carbocycles. The molecule has 0 spiro atoms. The molecule has 1 aromatic carbocycles. The Labute approximate surface area is 106 Å². The number of hydrogen-bond acceptors (Lipinski definition) is 1. The van der Waals surface area contributed by atoms with Crippen LogP contribution in [-0.4, -0.2) is 18.3 Å². The Morgan fingerprint density at radius 1 is 1.19 bits per heavy atom. The highest BCUT2D eigenvalue weighted by Crippen LogP contribution is 2.09. The maximum atomic E-state index is 11.0. The van der Waals surface area contributed by atoms with Crippen molar-refractivity contribution in [1.82, 2.24) is 5.32 Å². The monoisotopic (exact) mass is 283 g/mol. The van der Waals surface area contributed by atoms with Gasteiger partial charge in [0, 0.05) is 18.8 Å². The minimum Gasteiger partial charge on any atom is -0.359 e. The van der Waals surface area contributed by atoms with Gasteiger partial charge in [-0.1, -0.05) is 40.2 Å². The summed E-state index contributed by atoms with van der Waals surface area (Å²) in [5, 5.41) is 3.64. The third kappa shape index (κ3) is 4.79. The molecule has 0 saturated heterocycles. The molecule has 16 heavy (non-hydrogen) atoms. The molecule has 1 aromatic rings. The second-order valence-electron chi connectivity index (χ2n) is 3.78. The largest absolute Gasteiger partial charge is 0.359 e. The second-order valence-corrected chi connectivity index (χ2v) is 4.58. The lowest BCUT2D eigenvalue weighted by atomic mass is 10.1. The summed E-state index contributed by atoms with van der Waals surface area (Å²) in [6.45, 7) is 0. The van der Waals surface area contributed by atoms with Crippen molar-refractivity contribution < 1.29 is 4.79 Å². The van der Waals surface area contributed by atoms with Crippen LogP contribution in [0.15, 0.2) is 24.3 Å². The highest BCUT2D eigenvalue weighted by atomic mass is 79.9. The molecule has 1 rings (SSSR count). The number of rotatable bonds is 6. The average Bonchev–Trinajstić information content (AvgIpc) is 2.31. The summed E-state index contributed by atoms with van der Waals surface area (Å²) in [4.78, 5) is 11.0. The summed E-state index contributed by atoms with van der Waals surface area (Å²) < 4.78 is 0. The number of carbonyl (C=O) groups is 1. The smallest absolute Gasteiger partial charge is 0.219 e. The van der Waals surface area contributed by atoms with Crippen molar-refractivity contribution in [2.45, 2.75) is 25.7 Å². The summed E-state index contributed by atoms with van der Waals surface area (Å²) in [6, 6.07) is 8.64. The van der Waals surface area contributed by atoms with E-state index in [1.54, 1.807) is 7.05 Å². The van der Waals surface area contributed by atoms with Crippen LogP contribution >= 0.6 is 15.9 Å². The Bertz CT molecular complexity index is 321. The van der Waals surface area contributed by atoms with Crippen molar-refractivity contribution in [3.05, 3.63) is 35.4 Å². The third-order valence-electron chi connectivity index (χ3n) is 2.55. The zero-order valence-corrected chi connectivity index (χ0v) is 11.2. The van der Waals surface area contributed by atoms with Crippen molar-refractivity contribution >= 4 is 21.8 Å². The van der Waals surface area contributed by atoms with E-state index in [1.807, 2.05) is 0 Å². The van der Waals surface area contributed by atoms with E-state index in [2.05, 4.69) is 45.5 Å². The molecule has 0 heterocycles. The Morgan fingerprint density at radius 3 is 2.25 bits per heavy atom. The molecular formula is C13H18BrNO. The quantitative estimate of drug-likeness (QED) is 0.800. The van der Waals surface area contributed by atoms with Gasteiger partial charge >= 0.3 is 0 Å². The first-order valence-corrected chi connectivity index (χ1v) is 6.72. The fourth-order valence-corrected chi connectivity index (χ4v) is 2.02. The molecule has 1 N–H and O–H groups in total. The first-order valence-electron chi connectivity index (χ1n) is 5.60. The zero-order chi connectivity index (χ0) is 11.8. The molecule has 3 heteroatoms. The van der Waals surface area contributed by atoms with Crippen LogP contribution in [0.25, 0.3) is 0 Å². The molecule has 0 aromatic heterocycles. The molecular weight excluding hydrogens is 266 g/mol. The van der Waals surface area contributed by atoms with Crippen LogP contribution in [0.4, 0.5) is 0 Å². The lowest BCUT2D eigenvalue weighted by Gasteiger charge is -2.03. The fraction of sp³-hybridized carbons (Fsp3) is 0.462. The van der Waals surface area contributed by atoms with Crippen molar-refractivity contribution in [3.8, 4) is 0 Å². The third-order valence-corrected chi connectivity index (χ3v) is 2.95. The average molecular weight is 284 g/mol. The molecule has 0 saturated carbocycles. The van der Waals surface area contributed by atoms with Crippen molar-refractivity contribution in [1.29, 1.82) is 0 Å². The van der Waals surface area contributed by atoms with Crippen LogP contribution in [0.2, 0.25) is 0 Å². The number of amides is 1. The Kier molecular flexibility index (Phi) is 6.16. The standard InChI is InChI=1S/C13H18BrNO/c1-15-13(16)4-2-3-11-5-7-12(8-6-11)9-10-14/h5-8H,2-4,9-10H2,1H3,(H,15,16). The van der Waals surface area contributed by atoms with E-state index in [-0.39, 0.29) is 5.91 Å². The SMILES string of the molecule is CNC(=O)CCCc1ccc(CCBr)cc1. The normalized spacial score (nSPS) is 10.1. The van der Waals surface area contributed by atoms with Crippen molar-refractivity contribution in [2.24, 2.45) is 0 Å². The van der Waals surface area contributed by atoms with Crippen LogP contribution in [-0.2, 0) is 17.6 Å². The molecule has 0 radical (unpaired) electrons. The summed E-state index contributed by atoms with van der Waals surface area (Å²) >= 11 is 3.43. The summed E-state index contributed by atoms with van der Waals surface area (Å²) in [5.41, 5.74) is 2.66. The number of benzene rings is 1. The number of halogens is 1. The Balaban J connectivity index is 2.34. The van der Waals surface area contributed by atoms with Crippen LogP contribution < -0.4 is 5.32 Å².